The third kappa shape index (κ3) is 3.21. The Morgan fingerprint density at radius 2 is 2.00 bits per heavy atom. The number of amides is 1. The van der Waals surface area contributed by atoms with Crippen LogP contribution in [-0.2, 0) is 0 Å². The predicted molar refractivity (Wildman–Crippen MR) is 94.3 cm³/mol. The lowest BCUT2D eigenvalue weighted by atomic mass is 10.2. The number of hydrogen-bond acceptors (Lipinski definition) is 4. The Bertz CT molecular complexity index is 917. The SMILES string of the molecule is NC(=O)c1ccc2[nH]c(-c3ccc(OC4CCC(O)C4)cc3)nc2c1. The molecule has 1 aliphatic carbocycles. The molecule has 4 rings (SSSR count). The van der Waals surface area contributed by atoms with Gasteiger partial charge in [0.05, 0.1) is 17.1 Å². The van der Waals surface area contributed by atoms with E-state index < -0.39 is 5.91 Å². The van der Waals surface area contributed by atoms with Gasteiger partial charge in [-0.05, 0) is 55.3 Å². The summed E-state index contributed by atoms with van der Waals surface area (Å²) in [6.45, 7) is 0. The molecule has 1 heterocycles. The van der Waals surface area contributed by atoms with Crippen molar-refractivity contribution in [2.75, 3.05) is 0 Å². The Morgan fingerprint density at radius 1 is 1.20 bits per heavy atom. The van der Waals surface area contributed by atoms with E-state index in [1.165, 1.54) is 0 Å². The maximum Gasteiger partial charge on any atom is 0.248 e. The van der Waals surface area contributed by atoms with Crippen molar-refractivity contribution in [2.24, 2.45) is 5.73 Å². The van der Waals surface area contributed by atoms with Gasteiger partial charge in [0, 0.05) is 17.5 Å². The predicted octanol–water partition coefficient (Wildman–Crippen LogP) is 2.62. The van der Waals surface area contributed by atoms with Crippen molar-refractivity contribution in [3.05, 3.63) is 48.0 Å². The van der Waals surface area contributed by atoms with Crippen LogP contribution in [0.3, 0.4) is 0 Å². The number of nitrogens with two attached hydrogens (primary N) is 1. The van der Waals surface area contributed by atoms with Crippen LogP contribution in [0.2, 0.25) is 0 Å². The fourth-order valence-electron chi connectivity index (χ4n) is 3.20. The number of fused-ring (bicyclic) bond motifs is 1. The maximum absolute atomic E-state index is 11.3. The molecule has 0 saturated heterocycles. The van der Waals surface area contributed by atoms with E-state index in [4.69, 9.17) is 10.5 Å². The average Bonchev–Trinajstić information content (AvgIpc) is 3.20. The molecule has 1 saturated carbocycles. The monoisotopic (exact) mass is 337 g/mol. The number of nitrogens with zero attached hydrogens (tertiary/aromatic N) is 1. The first kappa shape index (κ1) is 15.7. The van der Waals surface area contributed by atoms with Crippen molar-refractivity contribution in [1.82, 2.24) is 9.97 Å². The quantitative estimate of drug-likeness (QED) is 0.681. The number of carbonyl (C=O) groups excluding carboxylic acids is 1. The van der Waals surface area contributed by atoms with Gasteiger partial charge >= 0.3 is 0 Å². The number of primary amides is 1. The molecule has 1 aliphatic rings. The van der Waals surface area contributed by atoms with Crippen LogP contribution in [0, 0.1) is 0 Å². The van der Waals surface area contributed by atoms with Crippen LogP contribution in [0.15, 0.2) is 42.5 Å². The molecule has 1 fully saturated rings. The molecule has 2 unspecified atom stereocenters. The Hall–Kier alpha value is -2.86. The summed E-state index contributed by atoms with van der Waals surface area (Å²) in [5.74, 6) is 1.04. The number of aliphatic hydroxyl groups is 1. The van der Waals surface area contributed by atoms with E-state index in [0.29, 0.717) is 17.5 Å². The highest BCUT2D eigenvalue weighted by atomic mass is 16.5. The van der Waals surface area contributed by atoms with Gasteiger partial charge in [0.1, 0.15) is 17.7 Å². The zero-order valence-electron chi connectivity index (χ0n) is 13.6. The number of aliphatic hydroxyl groups excluding tert-OH is 1. The number of H-pyrrole nitrogens is 1. The number of aromatic nitrogens is 2. The molecule has 3 aromatic rings. The van der Waals surface area contributed by atoms with Gasteiger partial charge in [0.15, 0.2) is 0 Å². The van der Waals surface area contributed by atoms with E-state index in [1.54, 1.807) is 18.2 Å². The molecule has 4 N–H and O–H groups in total. The molecule has 0 aliphatic heterocycles. The van der Waals surface area contributed by atoms with Crippen LogP contribution in [-0.4, -0.2) is 33.2 Å². The number of rotatable bonds is 4. The smallest absolute Gasteiger partial charge is 0.248 e. The topological polar surface area (TPSA) is 101 Å². The van der Waals surface area contributed by atoms with Crippen LogP contribution in [0.25, 0.3) is 22.4 Å². The highest BCUT2D eigenvalue weighted by Crippen LogP contribution is 2.27. The van der Waals surface area contributed by atoms with Gasteiger partial charge in [0.25, 0.3) is 0 Å². The molecular formula is C19H19N3O3. The van der Waals surface area contributed by atoms with Crippen molar-refractivity contribution >= 4 is 16.9 Å². The van der Waals surface area contributed by atoms with E-state index in [2.05, 4.69) is 9.97 Å². The highest BCUT2D eigenvalue weighted by molar-refractivity contribution is 5.96. The largest absolute Gasteiger partial charge is 0.490 e. The van der Waals surface area contributed by atoms with Crippen molar-refractivity contribution in [3.63, 3.8) is 0 Å². The number of ether oxygens (including phenoxy) is 1. The molecule has 0 radical (unpaired) electrons. The summed E-state index contributed by atoms with van der Waals surface area (Å²) in [5.41, 5.74) is 8.22. The first-order valence-corrected chi connectivity index (χ1v) is 8.33. The third-order valence-corrected chi connectivity index (χ3v) is 4.55. The lowest BCUT2D eigenvalue weighted by Crippen LogP contribution is -2.13. The third-order valence-electron chi connectivity index (χ3n) is 4.55. The van der Waals surface area contributed by atoms with E-state index in [0.717, 1.165) is 35.5 Å². The standard InChI is InChI=1S/C19H19N3O3/c20-18(24)12-3-8-16-17(9-12)22-19(21-16)11-1-5-14(6-2-11)25-15-7-4-13(23)10-15/h1-3,5-6,8-9,13,15,23H,4,7,10H2,(H2,20,24)(H,21,22). The lowest BCUT2D eigenvalue weighted by Gasteiger charge is -2.13. The second kappa shape index (κ2) is 6.22. The first-order chi connectivity index (χ1) is 12.1. The summed E-state index contributed by atoms with van der Waals surface area (Å²) in [7, 11) is 0. The molecule has 2 aromatic carbocycles. The Labute approximate surface area is 144 Å². The van der Waals surface area contributed by atoms with Gasteiger partial charge in [0.2, 0.25) is 5.91 Å². The van der Waals surface area contributed by atoms with Crippen molar-refractivity contribution in [3.8, 4) is 17.1 Å². The fraction of sp³-hybridized carbons (Fsp3) is 0.263. The van der Waals surface area contributed by atoms with E-state index >= 15 is 0 Å². The number of carbonyl (C=O) groups is 1. The number of benzene rings is 2. The second-order valence-corrected chi connectivity index (χ2v) is 6.41. The number of aromatic amines is 1. The molecule has 6 nitrogen and oxygen atoms in total. The van der Waals surface area contributed by atoms with Crippen molar-refractivity contribution < 1.29 is 14.6 Å². The Kier molecular flexibility index (Phi) is 3.89. The highest BCUT2D eigenvalue weighted by Gasteiger charge is 2.24. The van der Waals surface area contributed by atoms with Crippen LogP contribution in [0.4, 0.5) is 0 Å². The maximum atomic E-state index is 11.3. The first-order valence-electron chi connectivity index (χ1n) is 8.33. The zero-order valence-corrected chi connectivity index (χ0v) is 13.6. The van der Waals surface area contributed by atoms with Gasteiger partial charge in [-0.3, -0.25) is 4.79 Å². The number of hydrogen-bond donors (Lipinski definition) is 3. The Morgan fingerprint density at radius 3 is 2.68 bits per heavy atom. The fourth-order valence-corrected chi connectivity index (χ4v) is 3.20. The Balaban J connectivity index is 1.55. The normalized spacial score (nSPS) is 20.0. The summed E-state index contributed by atoms with van der Waals surface area (Å²) >= 11 is 0. The molecule has 2 atom stereocenters. The number of imidazole rings is 1. The van der Waals surface area contributed by atoms with Crippen LogP contribution >= 0.6 is 0 Å². The zero-order chi connectivity index (χ0) is 17.4. The summed E-state index contributed by atoms with van der Waals surface area (Å²) in [6.07, 6.45) is 2.21. The molecule has 6 heteroatoms. The summed E-state index contributed by atoms with van der Waals surface area (Å²) in [5, 5.41) is 9.57. The molecule has 1 amide bonds. The van der Waals surface area contributed by atoms with E-state index in [1.807, 2.05) is 24.3 Å². The number of nitrogens with one attached hydrogen (secondary N) is 1. The molecule has 0 spiro atoms. The van der Waals surface area contributed by atoms with Gasteiger partial charge in [-0.2, -0.15) is 0 Å². The minimum absolute atomic E-state index is 0.0827. The van der Waals surface area contributed by atoms with Gasteiger partial charge in [-0.15, -0.1) is 0 Å². The van der Waals surface area contributed by atoms with Crippen LogP contribution < -0.4 is 10.5 Å². The van der Waals surface area contributed by atoms with Crippen molar-refractivity contribution in [1.29, 1.82) is 0 Å². The molecule has 128 valence electrons. The van der Waals surface area contributed by atoms with E-state index in [9.17, 15) is 9.90 Å². The van der Waals surface area contributed by atoms with E-state index in [-0.39, 0.29) is 12.2 Å². The van der Waals surface area contributed by atoms with Crippen LogP contribution in [0.1, 0.15) is 29.6 Å². The summed E-state index contributed by atoms with van der Waals surface area (Å²) in [4.78, 5) is 19.0. The van der Waals surface area contributed by atoms with Gasteiger partial charge < -0.3 is 20.6 Å². The van der Waals surface area contributed by atoms with Gasteiger partial charge in [-0.25, -0.2) is 4.98 Å². The molecule has 1 aromatic heterocycles. The minimum atomic E-state index is -0.468. The van der Waals surface area contributed by atoms with Gasteiger partial charge in [-0.1, -0.05) is 0 Å². The minimum Gasteiger partial charge on any atom is -0.490 e. The van der Waals surface area contributed by atoms with Crippen LogP contribution in [0.5, 0.6) is 5.75 Å². The lowest BCUT2D eigenvalue weighted by molar-refractivity contribution is 0.100. The summed E-state index contributed by atoms with van der Waals surface area (Å²) in [6, 6.07) is 12.8. The molecule has 25 heavy (non-hydrogen) atoms. The molecular weight excluding hydrogens is 318 g/mol. The average molecular weight is 337 g/mol. The second-order valence-electron chi connectivity index (χ2n) is 6.41. The summed E-state index contributed by atoms with van der Waals surface area (Å²) < 4.78 is 5.90. The molecule has 0 bridgehead atoms. The van der Waals surface area contributed by atoms with Crippen molar-refractivity contribution in [2.45, 2.75) is 31.5 Å².